The van der Waals surface area contributed by atoms with E-state index in [4.69, 9.17) is 4.42 Å². The molecule has 1 spiro atoms. The molecule has 0 saturated heterocycles. The van der Waals surface area contributed by atoms with E-state index in [0.717, 1.165) is 51.3 Å². The third-order valence-electron chi connectivity index (χ3n) is 13.7. The van der Waals surface area contributed by atoms with E-state index in [2.05, 4.69) is 193 Å². The first kappa shape index (κ1) is 35.5. The number of anilines is 3. The second-order valence-electron chi connectivity index (χ2n) is 18.5. The third kappa shape index (κ3) is 5.02. The van der Waals surface area contributed by atoms with E-state index < -0.39 is 0 Å². The highest BCUT2D eigenvalue weighted by Gasteiger charge is 2.57. The molecule has 0 N–H and O–H groups in total. The number of allylic oxidation sites excluding steroid dienone is 1. The summed E-state index contributed by atoms with van der Waals surface area (Å²) in [7, 11) is 0. The largest absolute Gasteiger partial charge is 0.456 e. The molecule has 0 bridgehead atoms. The number of hydrogen-bond acceptors (Lipinski definition) is 2. The van der Waals surface area contributed by atoms with Gasteiger partial charge in [-0.25, -0.2) is 0 Å². The fourth-order valence-corrected chi connectivity index (χ4v) is 11.6. The van der Waals surface area contributed by atoms with Crippen molar-refractivity contribution >= 4 is 40.2 Å². The Bertz CT molecular complexity index is 2920. The first-order valence-corrected chi connectivity index (χ1v) is 20.6. The molecule has 0 aliphatic heterocycles. The van der Waals surface area contributed by atoms with Crippen LogP contribution in [0.25, 0.3) is 45.4 Å². The molecule has 0 saturated carbocycles. The SMILES string of the molecule is C=C/C=c1/oc2cccc(-c3ccc(N(c4ccc5c(c4)C(C)(C)c4ccccc4-5)c4cccc5c4C(C)(C)CC54CC(C)(C)c5ccccc54)cc3)c2/c1=C/C. The van der Waals surface area contributed by atoms with Gasteiger partial charge >= 0.3 is 0 Å². The Labute approximate surface area is 337 Å². The Morgan fingerprint density at radius 3 is 1.98 bits per heavy atom. The van der Waals surface area contributed by atoms with Crippen molar-refractivity contribution in [3.8, 4) is 22.3 Å². The summed E-state index contributed by atoms with van der Waals surface area (Å²) in [5, 5.41) is 2.23. The summed E-state index contributed by atoms with van der Waals surface area (Å²) < 4.78 is 6.32. The second-order valence-corrected chi connectivity index (χ2v) is 18.5. The van der Waals surface area contributed by atoms with Crippen LogP contribution in [0.1, 0.15) is 94.7 Å². The van der Waals surface area contributed by atoms with Crippen LogP contribution < -0.4 is 15.5 Å². The van der Waals surface area contributed by atoms with Crippen LogP contribution in [0.3, 0.4) is 0 Å². The molecule has 282 valence electrons. The average Bonchev–Trinajstić information content (AvgIpc) is 3.84. The van der Waals surface area contributed by atoms with E-state index in [1.807, 2.05) is 6.08 Å². The van der Waals surface area contributed by atoms with E-state index in [0.29, 0.717) is 0 Å². The Balaban J connectivity index is 1.19. The zero-order valence-corrected chi connectivity index (χ0v) is 34.3. The predicted octanol–water partition coefficient (Wildman–Crippen LogP) is 13.3. The Hall–Kier alpha value is -5.86. The predicted molar refractivity (Wildman–Crippen MR) is 240 cm³/mol. The van der Waals surface area contributed by atoms with Crippen molar-refractivity contribution < 1.29 is 4.42 Å². The van der Waals surface area contributed by atoms with Gasteiger partial charge in [0.25, 0.3) is 0 Å². The van der Waals surface area contributed by atoms with Crippen LogP contribution in [0, 0.1) is 0 Å². The summed E-state index contributed by atoms with van der Waals surface area (Å²) in [5.74, 6) is 0. The molecule has 3 aliphatic carbocycles. The average molecular weight is 742 g/mol. The van der Waals surface area contributed by atoms with Gasteiger partial charge in [-0.15, -0.1) is 0 Å². The Morgan fingerprint density at radius 1 is 0.596 bits per heavy atom. The van der Waals surface area contributed by atoms with Crippen LogP contribution in [-0.2, 0) is 21.7 Å². The lowest BCUT2D eigenvalue weighted by Crippen LogP contribution is -2.26. The van der Waals surface area contributed by atoms with Gasteiger partial charge in [0, 0.05) is 32.8 Å². The van der Waals surface area contributed by atoms with Crippen LogP contribution >= 0.6 is 0 Å². The van der Waals surface area contributed by atoms with Gasteiger partial charge in [-0.3, -0.25) is 0 Å². The topological polar surface area (TPSA) is 16.4 Å². The van der Waals surface area contributed by atoms with Gasteiger partial charge in [-0.05, 0) is 129 Å². The summed E-state index contributed by atoms with van der Waals surface area (Å²) in [6.45, 7) is 20.6. The molecule has 0 fully saturated rings. The van der Waals surface area contributed by atoms with Crippen molar-refractivity contribution in [3.63, 3.8) is 0 Å². The second kappa shape index (κ2) is 12.3. The zero-order valence-electron chi connectivity index (χ0n) is 34.3. The third-order valence-corrected chi connectivity index (χ3v) is 13.7. The lowest BCUT2D eigenvalue weighted by atomic mass is 9.72. The summed E-state index contributed by atoms with van der Waals surface area (Å²) in [6.07, 6.45) is 8.09. The van der Waals surface area contributed by atoms with Crippen LogP contribution in [0.4, 0.5) is 17.1 Å². The molecule has 7 aromatic rings. The van der Waals surface area contributed by atoms with Crippen LogP contribution in [-0.4, -0.2) is 0 Å². The van der Waals surface area contributed by atoms with E-state index >= 15 is 0 Å². The van der Waals surface area contributed by atoms with Gasteiger partial charge in [0.1, 0.15) is 11.0 Å². The van der Waals surface area contributed by atoms with Gasteiger partial charge in [0.05, 0.1) is 5.69 Å². The zero-order chi connectivity index (χ0) is 39.5. The van der Waals surface area contributed by atoms with Gasteiger partial charge < -0.3 is 9.32 Å². The lowest BCUT2D eigenvalue weighted by Gasteiger charge is -2.32. The molecule has 3 aliphatic rings. The number of fused-ring (bicyclic) bond motifs is 8. The smallest absolute Gasteiger partial charge is 0.136 e. The van der Waals surface area contributed by atoms with Gasteiger partial charge in [-0.2, -0.15) is 0 Å². The fraction of sp³-hybridized carbons (Fsp3) is 0.236. The standard InChI is InChI=1S/C55H51NO/c1-9-17-48-38(10-2)50-39(19-15-25-49(50)57-48)35-26-28-36(29-27-35)56(37-30-31-41-40-18-11-12-20-42(40)54(7,8)46(41)32-37)47-24-16-23-45-51(47)53(5,6)34-55(45)33-52(3,4)43-21-13-14-22-44(43)55/h9-32H,1,33-34H2,2-8H3/b38-10+,48-17+. The fourth-order valence-electron chi connectivity index (χ4n) is 11.6. The quantitative estimate of drug-likeness (QED) is 0.175. The van der Waals surface area contributed by atoms with Crippen molar-refractivity contribution in [2.75, 3.05) is 4.90 Å². The molecule has 6 aromatic carbocycles. The van der Waals surface area contributed by atoms with E-state index in [9.17, 15) is 0 Å². The van der Waals surface area contributed by atoms with E-state index in [-0.39, 0.29) is 21.7 Å². The monoisotopic (exact) mass is 741 g/mol. The maximum atomic E-state index is 6.32. The van der Waals surface area contributed by atoms with Gasteiger partial charge in [0.2, 0.25) is 0 Å². The molecule has 1 aromatic heterocycles. The highest BCUT2D eigenvalue weighted by Crippen LogP contribution is 2.64. The summed E-state index contributed by atoms with van der Waals surface area (Å²) in [6, 6.07) is 48.1. The van der Waals surface area contributed by atoms with Crippen molar-refractivity contribution in [2.45, 2.75) is 83.0 Å². The van der Waals surface area contributed by atoms with Crippen molar-refractivity contribution in [2.24, 2.45) is 0 Å². The van der Waals surface area contributed by atoms with Crippen molar-refractivity contribution in [1.82, 2.24) is 0 Å². The molecule has 2 heteroatoms. The molecule has 1 heterocycles. The maximum Gasteiger partial charge on any atom is 0.136 e. The lowest BCUT2D eigenvalue weighted by molar-refractivity contribution is 0.350. The molecular weight excluding hydrogens is 691 g/mol. The Morgan fingerprint density at radius 2 is 1.23 bits per heavy atom. The van der Waals surface area contributed by atoms with E-state index in [1.165, 1.54) is 55.9 Å². The molecule has 57 heavy (non-hydrogen) atoms. The Kier molecular flexibility index (Phi) is 7.68. The highest BCUT2D eigenvalue weighted by atomic mass is 16.3. The van der Waals surface area contributed by atoms with Crippen LogP contribution in [0.15, 0.2) is 144 Å². The number of benzene rings is 6. The molecule has 10 rings (SSSR count). The summed E-state index contributed by atoms with van der Waals surface area (Å²) >= 11 is 0. The normalized spacial score (nSPS) is 19.8. The van der Waals surface area contributed by atoms with E-state index in [1.54, 1.807) is 6.08 Å². The minimum atomic E-state index is -0.113. The van der Waals surface area contributed by atoms with Gasteiger partial charge in [-0.1, -0.05) is 151 Å². The number of hydrogen-bond donors (Lipinski definition) is 0. The minimum absolute atomic E-state index is 0.0365. The number of rotatable bonds is 5. The number of furan rings is 1. The van der Waals surface area contributed by atoms with Crippen molar-refractivity contribution in [3.05, 3.63) is 184 Å². The maximum absolute atomic E-state index is 6.32. The number of nitrogens with zero attached hydrogens (tertiary/aromatic N) is 1. The van der Waals surface area contributed by atoms with Crippen LogP contribution in [0.2, 0.25) is 0 Å². The van der Waals surface area contributed by atoms with Crippen LogP contribution in [0.5, 0.6) is 0 Å². The summed E-state index contributed by atoms with van der Waals surface area (Å²) in [4.78, 5) is 2.55. The first-order valence-electron chi connectivity index (χ1n) is 20.6. The molecule has 0 amide bonds. The summed E-state index contributed by atoms with van der Waals surface area (Å²) in [5.41, 5.74) is 18.9. The minimum Gasteiger partial charge on any atom is -0.456 e. The molecule has 1 unspecified atom stereocenters. The highest BCUT2D eigenvalue weighted by molar-refractivity contribution is 5.96. The molecule has 0 radical (unpaired) electrons. The molecule has 2 nitrogen and oxygen atoms in total. The molecular formula is C55H51NO. The van der Waals surface area contributed by atoms with Gasteiger partial charge in [0.15, 0.2) is 0 Å². The van der Waals surface area contributed by atoms with Crippen molar-refractivity contribution in [1.29, 1.82) is 0 Å². The first-order chi connectivity index (χ1) is 27.4. The molecule has 1 atom stereocenters.